The number of imidazole rings is 1. The molecule has 0 aliphatic carbocycles. The first-order valence-electron chi connectivity index (χ1n) is 12.5. The molecule has 44 heavy (non-hydrogen) atoms. The second-order valence-electron chi connectivity index (χ2n) is 9.33. The number of aromatic amines is 1. The van der Waals surface area contributed by atoms with Crippen LogP contribution in [0.5, 0.6) is 0 Å². The van der Waals surface area contributed by atoms with Crippen LogP contribution in [0.4, 0.5) is 14.6 Å². The first kappa shape index (κ1) is 32.8. The van der Waals surface area contributed by atoms with Gasteiger partial charge >= 0.3 is 20.3 Å². The van der Waals surface area contributed by atoms with Gasteiger partial charge in [-0.1, -0.05) is 0 Å². The smallest absolute Gasteiger partial charge is 0.382 e. The van der Waals surface area contributed by atoms with Gasteiger partial charge in [0.25, 0.3) is 5.56 Å². The first-order chi connectivity index (χ1) is 20.8. The number of hydrogen-bond acceptors (Lipinski definition) is 15. The first-order valence-corrected chi connectivity index (χ1v) is 17.1. The molecule has 0 amide bonds. The van der Waals surface area contributed by atoms with Gasteiger partial charge in [0.05, 0.1) is 20.0 Å². The number of H-pyrrole nitrogens is 1. The summed E-state index contributed by atoms with van der Waals surface area (Å²) in [5, 5.41) is 0. The third-order valence-corrected chi connectivity index (χ3v) is 10.0. The predicted octanol–water partition coefficient (Wildman–Crippen LogP) is 0.734. The van der Waals surface area contributed by atoms with Crippen molar-refractivity contribution in [1.82, 2.24) is 29.1 Å². The average Bonchev–Trinajstić information content (AvgIpc) is 3.62. The number of nitrogens with two attached hydrogens (primary N) is 1. The highest BCUT2D eigenvalue weighted by Gasteiger charge is 2.52. The zero-order valence-corrected chi connectivity index (χ0v) is 24.9. The van der Waals surface area contributed by atoms with Crippen molar-refractivity contribution in [3.63, 3.8) is 0 Å². The van der Waals surface area contributed by atoms with Crippen molar-refractivity contribution >= 4 is 43.0 Å². The number of nitrogen functional groups attached to an aromatic ring is 1. The van der Waals surface area contributed by atoms with Crippen LogP contribution >= 0.6 is 26.0 Å². The maximum Gasteiger partial charge on any atom is 0.502 e. The van der Waals surface area contributed by atoms with Crippen molar-refractivity contribution in [3.05, 3.63) is 45.8 Å². The molecule has 0 bridgehead atoms. The van der Waals surface area contributed by atoms with Crippen LogP contribution in [0.2, 0.25) is 0 Å². The van der Waals surface area contributed by atoms with E-state index in [1.807, 2.05) is 4.98 Å². The van der Waals surface area contributed by atoms with Gasteiger partial charge in [0.2, 0.25) is 0 Å². The summed E-state index contributed by atoms with van der Waals surface area (Å²) in [6.07, 6.45) is -8.36. The molecule has 2 saturated heterocycles. The summed E-state index contributed by atoms with van der Waals surface area (Å²) in [5.74, 6) is -0.571. The molecule has 2 fully saturated rings. The molecule has 5 rings (SSSR count). The number of ether oxygens (including phenoxy) is 2. The third-order valence-electron chi connectivity index (χ3n) is 6.47. The van der Waals surface area contributed by atoms with Gasteiger partial charge in [-0.15, -0.1) is 4.67 Å². The van der Waals surface area contributed by atoms with Crippen LogP contribution < -0.4 is 17.0 Å². The lowest BCUT2D eigenvalue weighted by Crippen LogP contribution is -2.32. The molecule has 5 N–H and O–H groups in total. The van der Waals surface area contributed by atoms with Gasteiger partial charge in [-0.05, 0) is 11.4 Å². The lowest BCUT2D eigenvalue weighted by atomic mass is 10.2. The number of fused-ring (bicyclic) bond motifs is 1. The average molecular weight is 687 g/mol. The lowest BCUT2D eigenvalue weighted by molar-refractivity contribution is -0.208. The highest BCUT2D eigenvalue weighted by molar-refractivity contribution is 8.54. The molecule has 8 atom stereocenters. The summed E-state index contributed by atoms with van der Waals surface area (Å²) in [4.78, 5) is 60.4. The Hall–Kier alpha value is -2.62. The monoisotopic (exact) mass is 687 g/mol. The summed E-state index contributed by atoms with van der Waals surface area (Å²) < 4.78 is 84.4. The summed E-state index contributed by atoms with van der Waals surface area (Å²) in [6, 6.07) is 1.04. The number of anilines is 1. The van der Waals surface area contributed by atoms with Gasteiger partial charge in [-0.3, -0.25) is 28.0 Å². The molecule has 0 radical (unpaired) electrons. The number of phosphoric acid groups is 1. The molecular weight excluding hydrogens is 662 g/mol. The topological polar surface area (TPSA) is 254 Å². The van der Waals surface area contributed by atoms with Crippen molar-refractivity contribution in [2.45, 2.75) is 49.5 Å². The number of nitrogens with zero attached hydrogens (tertiary/aromatic N) is 5. The van der Waals surface area contributed by atoms with Crippen molar-refractivity contribution in [3.8, 4) is 0 Å². The molecule has 24 heteroatoms. The molecule has 5 heterocycles. The fourth-order valence-electron chi connectivity index (χ4n) is 4.53. The van der Waals surface area contributed by atoms with E-state index in [9.17, 15) is 32.9 Å². The minimum Gasteiger partial charge on any atom is -0.382 e. The predicted molar refractivity (Wildman–Crippen MR) is 144 cm³/mol. The fraction of sp³-hybridized carbons (Fsp3) is 0.550. The van der Waals surface area contributed by atoms with Crippen molar-refractivity contribution in [2.75, 3.05) is 25.2 Å². The summed E-state index contributed by atoms with van der Waals surface area (Å²) in [7, 11) is -3.99. The van der Waals surface area contributed by atoms with E-state index in [4.69, 9.17) is 28.9 Å². The molecule has 19 nitrogen and oxygen atoms in total. The number of rotatable bonds is 12. The van der Waals surface area contributed by atoms with Crippen molar-refractivity contribution < 1.29 is 55.8 Å². The number of alkyl halides is 2. The van der Waals surface area contributed by atoms with E-state index in [1.54, 1.807) is 0 Å². The standard InChI is InChI=1S/C20H25F2N7O12P2S/c1-36-41-43(35,37-5-10-9(21)4-13(38-10)28-3-2-12(30)27-20(28)31)40-16-14(22)11(6-44-42(32,33)34)39-19(16)29-8-26-15-17(23)24-7-25-18(15)29/h2-3,7-11,13-14,16,19H,4-6H2,1H3,(H2,23,24,25)(H,27,30,31)(H2,32,33,34)/t9-,10+,11+,13+,14+,16+,19+,43?/m0/s1. The molecule has 0 spiro atoms. The Morgan fingerprint density at radius 3 is 2.66 bits per heavy atom. The second-order valence-corrected chi connectivity index (χ2v) is 14.6. The van der Waals surface area contributed by atoms with Gasteiger partial charge in [0, 0.05) is 24.4 Å². The van der Waals surface area contributed by atoms with E-state index in [-0.39, 0.29) is 34.8 Å². The van der Waals surface area contributed by atoms with Crippen LogP contribution in [0.1, 0.15) is 18.9 Å². The summed E-state index contributed by atoms with van der Waals surface area (Å²) in [6.45, 7) is -5.43. The summed E-state index contributed by atoms with van der Waals surface area (Å²) >= 11 is 0.115. The Morgan fingerprint density at radius 1 is 1.18 bits per heavy atom. The molecule has 2 aliphatic heterocycles. The van der Waals surface area contributed by atoms with Crippen LogP contribution in [0.25, 0.3) is 11.2 Å². The quantitative estimate of drug-likeness (QED) is 0.116. The maximum atomic E-state index is 15.8. The number of halogens is 2. The molecule has 242 valence electrons. The Balaban J connectivity index is 1.37. The summed E-state index contributed by atoms with van der Waals surface area (Å²) in [5.41, 5.74) is 4.47. The normalized spacial score (nSPS) is 28.9. The van der Waals surface area contributed by atoms with Gasteiger partial charge in [-0.2, -0.15) is 0 Å². The highest BCUT2D eigenvalue weighted by Crippen LogP contribution is 2.56. The largest absolute Gasteiger partial charge is 0.502 e. The molecule has 1 unspecified atom stereocenters. The minimum atomic E-state index is -4.94. The molecule has 0 saturated carbocycles. The number of aromatic nitrogens is 6. The van der Waals surface area contributed by atoms with Gasteiger partial charge in [0.15, 0.2) is 23.9 Å². The van der Waals surface area contributed by atoms with Crippen LogP contribution in [-0.4, -0.2) is 89.0 Å². The Bertz CT molecular complexity index is 1710. The van der Waals surface area contributed by atoms with Gasteiger partial charge < -0.3 is 25.0 Å². The Labute approximate surface area is 248 Å². The highest BCUT2D eigenvalue weighted by atomic mass is 32.7. The van der Waals surface area contributed by atoms with Crippen LogP contribution in [-0.2, 0) is 37.2 Å². The van der Waals surface area contributed by atoms with E-state index in [1.165, 1.54) is 4.57 Å². The third kappa shape index (κ3) is 7.10. The molecule has 2 aliphatic rings. The number of hydrogen-bond donors (Lipinski definition) is 4. The van der Waals surface area contributed by atoms with E-state index in [0.717, 1.165) is 36.6 Å². The maximum absolute atomic E-state index is 15.8. The fourth-order valence-corrected chi connectivity index (χ4v) is 7.33. The zero-order valence-electron chi connectivity index (χ0n) is 22.3. The minimum absolute atomic E-state index is 0.0221. The number of phosphoric ester groups is 1. The van der Waals surface area contributed by atoms with Gasteiger partial charge in [0.1, 0.15) is 42.6 Å². The zero-order chi connectivity index (χ0) is 31.8. The Kier molecular flexibility index (Phi) is 9.69. The van der Waals surface area contributed by atoms with Crippen LogP contribution in [0.15, 0.2) is 34.5 Å². The molecule has 3 aromatic heterocycles. The van der Waals surface area contributed by atoms with E-state index < -0.39 is 81.3 Å². The van der Waals surface area contributed by atoms with Crippen molar-refractivity contribution in [1.29, 1.82) is 0 Å². The Morgan fingerprint density at radius 2 is 1.95 bits per heavy atom. The second kappa shape index (κ2) is 13.0. The van der Waals surface area contributed by atoms with Gasteiger partial charge in [-0.25, -0.2) is 42.5 Å². The van der Waals surface area contributed by atoms with Crippen LogP contribution in [0.3, 0.4) is 0 Å². The molecule has 0 aromatic carbocycles. The van der Waals surface area contributed by atoms with E-state index in [0.29, 0.717) is 0 Å². The molecular formula is C20H25F2N7O12P2S. The number of nitrogens with one attached hydrogen (secondary N) is 1. The van der Waals surface area contributed by atoms with Crippen LogP contribution in [0, 0.1) is 0 Å². The van der Waals surface area contributed by atoms with E-state index in [2.05, 4.69) is 19.8 Å². The SMILES string of the molecule is COOP(=O)(OC[C@H]1O[C@@H](n2ccc(=O)[nH]c2=O)C[C@@H]1F)O[C@@H]1[C@H](F)[C@@H](CSP(=O)(O)O)O[C@H]1n1cnc2c(N)ncnc21. The molecule has 3 aromatic rings. The van der Waals surface area contributed by atoms with E-state index >= 15 is 4.39 Å². The van der Waals surface area contributed by atoms with Crippen molar-refractivity contribution in [2.24, 2.45) is 0 Å². The lowest BCUT2D eigenvalue weighted by Gasteiger charge is -2.25.